The van der Waals surface area contributed by atoms with Crippen molar-refractivity contribution in [3.63, 3.8) is 0 Å². The van der Waals surface area contributed by atoms with Crippen LogP contribution in [-0.2, 0) is 15.1 Å². The molecule has 2 aromatic rings. The summed E-state index contributed by atoms with van der Waals surface area (Å²) in [6.45, 7) is 2.45. The van der Waals surface area contributed by atoms with Crippen LogP contribution in [0.15, 0.2) is 54.6 Å². The van der Waals surface area contributed by atoms with E-state index in [-0.39, 0.29) is 19.2 Å². The number of hydrogen-bond donors (Lipinski definition) is 1. The van der Waals surface area contributed by atoms with Crippen LogP contribution in [0.25, 0.3) is 5.57 Å². The first kappa shape index (κ1) is 20.1. The Morgan fingerprint density at radius 3 is 2.62 bits per heavy atom. The number of urea groups is 1. The second-order valence-corrected chi connectivity index (χ2v) is 8.20. The molecule has 164 valence electrons. The van der Waals surface area contributed by atoms with E-state index in [0.717, 1.165) is 16.9 Å². The van der Waals surface area contributed by atoms with E-state index >= 15 is 0 Å². The standard InChI is InChI=1S/C24H23N3O5/c1-24(18-7-8-19-20(13-18)32-15-31-19)22(29)27(23(30)25-24)14-21(28)26-11-9-17(10-12-26)16-5-3-2-4-6-16/h2-9,13H,10-12,14-15H2,1H3,(H,25,30)/t24-/m1/s1. The number of imide groups is 1. The average Bonchev–Trinajstić information content (AvgIpc) is 3.38. The number of nitrogens with zero attached hydrogens (tertiary/aromatic N) is 2. The van der Waals surface area contributed by atoms with Gasteiger partial charge in [0.2, 0.25) is 12.7 Å². The van der Waals surface area contributed by atoms with Crippen LogP contribution >= 0.6 is 0 Å². The molecule has 3 aliphatic rings. The molecule has 1 N–H and O–H groups in total. The van der Waals surface area contributed by atoms with Crippen molar-refractivity contribution in [2.24, 2.45) is 0 Å². The number of hydrogen-bond acceptors (Lipinski definition) is 5. The van der Waals surface area contributed by atoms with Crippen molar-refractivity contribution >= 4 is 23.4 Å². The Kier molecular flexibility index (Phi) is 4.84. The van der Waals surface area contributed by atoms with E-state index in [2.05, 4.69) is 5.32 Å². The van der Waals surface area contributed by atoms with Crippen LogP contribution in [0, 0.1) is 0 Å². The summed E-state index contributed by atoms with van der Waals surface area (Å²) in [7, 11) is 0. The summed E-state index contributed by atoms with van der Waals surface area (Å²) in [6, 6.07) is 14.6. The van der Waals surface area contributed by atoms with E-state index in [0.29, 0.717) is 30.2 Å². The summed E-state index contributed by atoms with van der Waals surface area (Å²) in [5.74, 6) is 0.392. The molecule has 0 radical (unpaired) electrons. The summed E-state index contributed by atoms with van der Waals surface area (Å²) < 4.78 is 10.7. The summed E-state index contributed by atoms with van der Waals surface area (Å²) in [5, 5.41) is 2.73. The molecule has 5 rings (SSSR count). The smallest absolute Gasteiger partial charge is 0.325 e. The summed E-state index contributed by atoms with van der Waals surface area (Å²) in [4.78, 5) is 41.3. The van der Waals surface area contributed by atoms with Crippen molar-refractivity contribution in [1.82, 2.24) is 15.1 Å². The van der Waals surface area contributed by atoms with E-state index in [9.17, 15) is 14.4 Å². The topological polar surface area (TPSA) is 88.2 Å². The third kappa shape index (κ3) is 3.37. The molecular weight excluding hydrogens is 410 g/mol. The van der Waals surface area contributed by atoms with Crippen LogP contribution in [-0.4, -0.2) is 54.1 Å². The molecule has 0 aliphatic carbocycles. The third-order valence-corrected chi connectivity index (χ3v) is 6.22. The van der Waals surface area contributed by atoms with Crippen molar-refractivity contribution in [3.05, 3.63) is 65.7 Å². The molecule has 0 saturated carbocycles. The zero-order valence-electron chi connectivity index (χ0n) is 17.7. The van der Waals surface area contributed by atoms with Crippen molar-refractivity contribution in [1.29, 1.82) is 0 Å². The lowest BCUT2D eigenvalue weighted by molar-refractivity contribution is -0.138. The second kappa shape index (κ2) is 7.71. The maximum Gasteiger partial charge on any atom is 0.325 e. The number of ether oxygens (including phenoxy) is 2. The highest BCUT2D eigenvalue weighted by atomic mass is 16.7. The first-order valence-corrected chi connectivity index (χ1v) is 10.5. The number of rotatable bonds is 4. The van der Waals surface area contributed by atoms with Gasteiger partial charge in [0.05, 0.1) is 0 Å². The van der Waals surface area contributed by atoms with Gasteiger partial charge in [0.1, 0.15) is 12.1 Å². The molecule has 1 saturated heterocycles. The minimum absolute atomic E-state index is 0.118. The molecule has 4 amide bonds. The predicted octanol–water partition coefficient (Wildman–Crippen LogP) is 2.50. The molecule has 1 fully saturated rings. The molecule has 8 heteroatoms. The van der Waals surface area contributed by atoms with Crippen LogP contribution in [0.1, 0.15) is 24.5 Å². The molecule has 0 aromatic heterocycles. The maximum atomic E-state index is 13.2. The normalized spacial score (nSPS) is 22.1. The third-order valence-electron chi connectivity index (χ3n) is 6.22. The first-order chi connectivity index (χ1) is 15.5. The molecule has 2 aromatic carbocycles. The van der Waals surface area contributed by atoms with Gasteiger partial charge < -0.3 is 19.7 Å². The molecule has 3 heterocycles. The quantitative estimate of drug-likeness (QED) is 0.749. The minimum Gasteiger partial charge on any atom is -0.454 e. The predicted molar refractivity (Wildman–Crippen MR) is 116 cm³/mol. The molecule has 0 bridgehead atoms. The van der Waals surface area contributed by atoms with Crippen LogP contribution in [0.2, 0.25) is 0 Å². The van der Waals surface area contributed by atoms with Gasteiger partial charge in [-0.2, -0.15) is 0 Å². The molecule has 3 aliphatic heterocycles. The molecule has 32 heavy (non-hydrogen) atoms. The Balaban J connectivity index is 1.28. The monoisotopic (exact) mass is 433 g/mol. The van der Waals surface area contributed by atoms with Crippen molar-refractivity contribution < 1.29 is 23.9 Å². The Hall–Kier alpha value is -3.81. The fourth-order valence-electron chi connectivity index (χ4n) is 4.29. The number of amides is 4. The zero-order chi connectivity index (χ0) is 22.3. The van der Waals surface area contributed by atoms with E-state index in [1.807, 2.05) is 36.4 Å². The lowest BCUT2D eigenvalue weighted by atomic mass is 9.91. The zero-order valence-corrected chi connectivity index (χ0v) is 17.7. The molecule has 0 unspecified atom stereocenters. The number of nitrogens with one attached hydrogen (secondary N) is 1. The van der Waals surface area contributed by atoms with E-state index in [1.54, 1.807) is 30.0 Å². The van der Waals surface area contributed by atoms with Gasteiger partial charge in [-0.3, -0.25) is 14.5 Å². The highest BCUT2D eigenvalue weighted by Crippen LogP contribution is 2.37. The SMILES string of the molecule is C[C@]1(c2ccc3c(c2)OCO3)NC(=O)N(CC(=O)N2CC=C(c3ccccc3)CC2)C1=O. The van der Waals surface area contributed by atoms with E-state index in [4.69, 9.17) is 9.47 Å². The van der Waals surface area contributed by atoms with Gasteiger partial charge in [0.15, 0.2) is 11.5 Å². The Labute approximate surface area is 185 Å². The highest BCUT2D eigenvalue weighted by Gasteiger charge is 2.50. The number of fused-ring (bicyclic) bond motifs is 1. The first-order valence-electron chi connectivity index (χ1n) is 10.5. The van der Waals surface area contributed by atoms with Crippen molar-refractivity contribution in [2.75, 3.05) is 26.4 Å². The van der Waals surface area contributed by atoms with Gasteiger partial charge in [-0.25, -0.2) is 4.79 Å². The molecule has 1 atom stereocenters. The van der Waals surface area contributed by atoms with Gasteiger partial charge in [-0.15, -0.1) is 0 Å². The van der Waals surface area contributed by atoms with Gasteiger partial charge in [0, 0.05) is 13.1 Å². The second-order valence-electron chi connectivity index (χ2n) is 8.20. The lowest BCUT2D eigenvalue weighted by Crippen LogP contribution is -2.45. The fraction of sp³-hybridized carbons (Fsp3) is 0.292. The van der Waals surface area contributed by atoms with Crippen LogP contribution in [0.3, 0.4) is 0 Å². The summed E-state index contributed by atoms with van der Waals surface area (Å²) in [6.07, 6.45) is 2.75. The molecule has 0 spiro atoms. The average molecular weight is 433 g/mol. The molecular formula is C24H23N3O5. The van der Waals surface area contributed by atoms with Crippen LogP contribution < -0.4 is 14.8 Å². The van der Waals surface area contributed by atoms with Gasteiger partial charge >= 0.3 is 6.03 Å². The van der Waals surface area contributed by atoms with Crippen LogP contribution in [0.4, 0.5) is 4.79 Å². The van der Waals surface area contributed by atoms with Crippen molar-refractivity contribution in [3.8, 4) is 11.5 Å². The maximum absolute atomic E-state index is 13.2. The summed E-state index contributed by atoms with van der Waals surface area (Å²) in [5.41, 5.74) is 1.64. The van der Waals surface area contributed by atoms with Gasteiger partial charge in [-0.1, -0.05) is 42.5 Å². The van der Waals surface area contributed by atoms with Gasteiger partial charge in [0.25, 0.3) is 5.91 Å². The van der Waals surface area contributed by atoms with Gasteiger partial charge in [-0.05, 0) is 42.2 Å². The number of carbonyl (C=O) groups is 3. The lowest BCUT2D eigenvalue weighted by Gasteiger charge is -2.28. The Bertz CT molecular complexity index is 1130. The Morgan fingerprint density at radius 1 is 1.09 bits per heavy atom. The minimum atomic E-state index is -1.28. The summed E-state index contributed by atoms with van der Waals surface area (Å²) >= 11 is 0. The largest absolute Gasteiger partial charge is 0.454 e. The Morgan fingerprint density at radius 2 is 1.88 bits per heavy atom. The highest BCUT2D eigenvalue weighted by molar-refractivity contribution is 6.09. The van der Waals surface area contributed by atoms with Crippen molar-refractivity contribution in [2.45, 2.75) is 18.9 Å². The number of benzene rings is 2. The van der Waals surface area contributed by atoms with E-state index in [1.165, 1.54) is 5.57 Å². The van der Waals surface area contributed by atoms with E-state index < -0.39 is 17.5 Å². The molecule has 8 nitrogen and oxygen atoms in total. The fourth-order valence-corrected chi connectivity index (χ4v) is 4.29. The number of carbonyl (C=O) groups excluding carboxylic acids is 3. The van der Waals surface area contributed by atoms with Crippen LogP contribution in [0.5, 0.6) is 11.5 Å².